The Kier molecular flexibility index (Phi) is 49.8. The summed E-state index contributed by atoms with van der Waals surface area (Å²) in [6.45, 7) is 1.11. The predicted molar refractivity (Wildman–Crippen MR) is 56.5 cm³/mol. The van der Waals surface area contributed by atoms with Gasteiger partial charge in [0.05, 0.1) is 0 Å². The van der Waals surface area contributed by atoms with Crippen LogP contribution in [0.3, 0.4) is 0 Å². The molecule has 0 aliphatic heterocycles. The van der Waals surface area contributed by atoms with Gasteiger partial charge in [-0.1, -0.05) is 0 Å². The lowest BCUT2D eigenvalue weighted by Gasteiger charge is -1.78. The van der Waals surface area contributed by atoms with Gasteiger partial charge < -0.3 is 9.84 Å². The van der Waals surface area contributed by atoms with Gasteiger partial charge in [0.2, 0.25) is 13.2 Å². The summed E-state index contributed by atoms with van der Waals surface area (Å²) in [4.78, 5) is 0. The molecule has 0 heterocycles. The lowest BCUT2D eigenvalue weighted by Crippen LogP contribution is -1.96. The van der Waals surface area contributed by atoms with Crippen molar-refractivity contribution in [3.8, 4) is 0 Å². The summed E-state index contributed by atoms with van der Waals surface area (Å²) in [7, 11) is 1.72. The first kappa shape index (κ1) is 17.9. The van der Waals surface area contributed by atoms with E-state index < -0.39 is 0 Å². The Morgan fingerprint density at radius 3 is 1.64 bits per heavy atom. The van der Waals surface area contributed by atoms with Crippen LogP contribution >= 0.6 is 0 Å². The van der Waals surface area contributed by atoms with Crippen molar-refractivity contribution < 1.29 is 9.84 Å². The van der Waals surface area contributed by atoms with Crippen LogP contribution in [-0.2, 0) is 0 Å². The molecule has 0 bridgehead atoms. The van der Waals surface area contributed by atoms with Crippen LogP contribution in [0.5, 0.6) is 0 Å². The van der Waals surface area contributed by atoms with E-state index in [1.807, 2.05) is 0 Å². The SMILES string of the molecule is C[OH+]CC[OH2+].[CH3][Al-][CH3].[CH3][Al][CH3]. The van der Waals surface area contributed by atoms with Crippen LogP contribution in [0.4, 0.5) is 0 Å². The van der Waals surface area contributed by atoms with E-state index in [2.05, 4.69) is 27.9 Å². The molecule has 0 aromatic carbocycles. The molecular weight excluding hydrogens is 170 g/mol. The third kappa shape index (κ3) is 99.5. The highest BCUT2D eigenvalue weighted by molar-refractivity contribution is 6.31. The molecule has 3 N–H and O–H groups in total. The average Bonchev–Trinajstić information content (AvgIpc) is 1.92. The molecule has 0 rings (SSSR count). The molecule has 0 saturated heterocycles. The number of hydrogen-bond donors (Lipinski definition) is 0. The molecule has 0 atom stereocenters. The third-order valence-electron chi connectivity index (χ3n) is 0.335. The maximum atomic E-state index is 6.51. The van der Waals surface area contributed by atoms with Gasteiger partial charge in [0.15, 0.2) is 15.2 Å². The van der Waals surface area contributed by atoms with E-state index in [4.69, 9.17) is 5.11 Å². The summed E-state index contributed by atoms with van der Waals surface area (Å²) < 4.78 is 3.67. The standard InChI is InChI=1S/C3H8O2.4CH3.2Al/c1-5-3-2-4;;;;;;/h4H,2-3H2,1H3;4*1H3;;/q;;;;;;-1/p+2. The molecule has 0 spiro atoms. The molecule has 0 aromatic rings. The van der Waals surface area contributed by atoms with E-state index in [1.54, 1.807) is 7.11 Å². The van der Waals surface area contributed by atoms with Gasteiger partial charge in [-0.2, -0.15) is 0 Å². The molecule has 67 valence electrons. The fraction of sp³-hybridized carbons (Fsp3) is 1.00. The lowest BCUT2D eigenvalue weighted by molar-refractivity contribution is -0.00901. The van der Waals surface area contributed by atoms with E-state index in [0.29, 0.717) is 13.2 Å². The normalized spacial score (nSPS) is 6.73. The first-order valence-corrected chi connectivity index (χ1v) is 8.55. The predicted octanol–water partition coefficient (Wildman–Crippen LogP) is 0.442. The zero-order chi connectivity index (χ0) is 9.54. The van der Waals surface area contributed by atoms with Gasteiger partial charge >= 0.3 is 0 Å². The summed E-state index contributed by atoms with van der Waals surface area (Å²) in [5.74, 6) is 8.83. The highest BCUT2D eigenvalue weighted by Crippen LogP contribution is 1.50. The Labute approximate surface area is 83.8 Å². The second-order valence-electron chi connectivity index (χ2n) is 1.94. The van der Waals surface area contributed by atoms with E-state index in [-0.39, 0.29) is 0 Å². The number of rotatable bonds is 2. The maximum absolute atomic E-state index is 6.51. The summed E-state index contributed by atoms with van der Waals surface area (Å²) >= 11 is 1.50. The van der Waals surface area contributed by atoms with Crippen LogP contribution in [0.2, 0.25) is 23.1 Å². The molecule has 0 amide bonds. The number of ether oxygens (including phenoxy) is 1. The Morgan fingerprint density at radius 1 is 1.36 bits per heavy atom. The molecule has 0 aliphatic rings. The molecule has 2 nitrogen and oxygen atoms in total. The molecule has 4 heteroatoms. The minimum absolute atomic E-state index is 0.427. The van der Waals surface area contributed by atoms with Gasteiger partial charge in [-0.05, 0) is 0 Å². The summed E-state index contributed by atoms with van der Waals surface area (Å²) in [6, 6.07) is 0. The number of aliphatic hydroxyl groups is 2. The van der Waals surface area contributed by atoms with Gasteiger partial charge in [-0.3, -0.25) is 26.8 Å². The highest BCUT2D eigenvalue weighted by atomic mass is 27.1. The quantitative estimate of drug-likeness (QED) is 0.449. The Bertz CT molecular complexity index is 33.6. The van der Waals surface area contributed by atoms with Gasteiger partial charge in [0.25, 0.3) is 0 Å². The van der Waals surface area contributed by atoms with Crippen LogP contribution in [0.1, 0.15) is 0 Å². The lowest BCUT2D eigenvalue weighted by atomic mass is 10.8. The first-order chi connectivity index (χ1) is 5.24. The van der Waals surface area contributed by atoms with Gasteiger partial charge in [0, 0.05) is 0 Å². The average molecular weight is 192 g/mol. The van der Waals surface area contributed by atoms with Crippen LogP contribution in [0, 0.1) is 0 Å². The minimum atomic E-state index is 0.427. The van der Waals surface area contributed by atoms with Crippen molar-refractivity contribution in [2.45, 2.75) is 23.1 Å². The van der Waals surface area contributed by atoms with Gasteiger partial charge in [0.1, 0.15) is 7.11 Å². The fourth-order valence-electron chi connectivity index (χ4n) is 0.112. The van der Waals surface area contributed by atoms with Crippen LogP contribution < -0.4 is 0 Å². The highest BCUT2D eigenvalue weighted by Gasteiger charge is 1.76. The van der Waals surface area contributed by atoms with E-state index in [1.165, 1.54) is 0 Å². The van der Waals surface area contributed by atoms with Crippen molar-refractivity contribution in [3.63, 3.8) is 0 Å². The molecule has 0 aromatic heterocycles. The Balaban J connectivity index is -0.0000000933. The summed E-state index contributed by atoms with van der Waals surface area (Å²) in [5.41, 5.74) is 0. The van der Waals surface area contributed by atoms with Crippen molar-refractivity contribution in [1.82, 2.24) is 0 Å². The Morgan fingerprint density at radius 2 is 1.64 bits per heavy atom. The van der Waals surface area contributed by atoms with Crippen LogP contribution in [0.25, 0.3) is 0 Å². The zero-order valence-corrected chi connectivity index (χ0v) is 10.8. The van der Waals surface area contributed by atoms with E-state index in [9.17, 15) is 0 Å². The van der Waals surface area contributed by atoms with Crippen LogP contribution in [0.15, 0.2) is 0 Å². The fourth-order valence-corrected chi connectivity index (χ4v) is 0.112. The van der Waals surface area contributed by atoms with E-state index in [0.717, 1.165) is 30.4 Å². The van der Waals surface area contributed by atoms with Crippen molar-refractivity contribution in [1.29, 1.82) is 0 Å². The third-order valence-corrected chi connectivity index (χ3v) is 0.335. The second-order valence-corrected chi connectivity index (χ2v) is 4.25. The number of hydrogen-bond acceptors (Lipinski definition) is 0. The smallest absolute Gasteiger partial charge is 0.214 e. The molecule has 11 heavy (non-hydrogen) atoms. The molecule has 3 radical (unpaired) electrons. The first-order valence-electron chi connectivity index (χ1n) is 3.93. The molecule has 0 unspecified atom stereocenters. The topological polar surface area (TPSA) is 35.7 Å². The molecular formula is C7H22Al2O2+. The van der Waals surface area contributed by atoms with Gasteiger partial charge in [-0.25, -0.2) is 0 Å². The van der Waals surface area contributed by atoms with E-state index >= 15 is 0 Å². The largest absolute Gasteiger partial charge is 0.440 e. The molecule has 0 aliphatic carbocycles. The van der Waals surface area contributed by atoms with Gasteiger partial charge in [-0.15, -0.1) is 11.6 Å². The maximum Gasteiger partial charge on any atom is 0.214 e. The zero-order valence-electron chi connectivity index (χ0n) is 8.52. The van der Waals surface area contributed by atoms with Crippen molar-refractivity contribution in [3.05, 3.63) is 0 Å². The van der Waals surface area contributed by atoms with Crippen molar-refractivity contribution >= 4 is 30.4 Å². The van der Waals surface area contributed by atoms with Crippen LogP contribution in [-0.4, -0.2) is 60.6 Å². The van der Waals surface area contributed by atoms with Crippen molar-refractivity contribution in [2.75, 3.05) is 20.3 Å². The molecule has 0 saturated carbocycles. The summed E-state index contributed by atoms with van der Waals surface area (Å²) in [6.07, 6.45) is 0. The Hall–Kier alpha value is 0.985. The second kappa shape index (κ2) is 30.6. The minimum Gasteiger partial charge on any atom is -0.440 e. The van der Waals surface area contributed by atoms with Crippen molar-refractivity contribution in [2.24, 2.45) is 0 Å². The summed E-state index contributed by atoms with van der Waals surface area (Å²) in [5, 5.41) is 6.51. The monoisotopic (exact) mass is 192 g/mol. The molecule has 0 fully saturated rings.